The summed E-state index contributed by atoms with van der Waals surface area (Å²) in [5, 5.41) is 19.4. The monoisotopic (exact) mass is 244 g/mol. The van der Waals surface area contributed by atoms with Crippen molar-refractivity contribution in [3.8, 4) is 0 Å². The standard InChI is InChI=1S/C15H32O2/c1-4-5-7-10-14(16)11-8-6-9-12-15(17)13(2)3/h13-17H,4-12H2,1-3H3/t14-,15-/m0/s1. The van der Waals surface area contributed by atoms with Gasteiger partial charge < -0.3 is 10.2 Å². The number of aliphatic hydroxyl groups is 2. The van der Waals surface area contributed by atoms with Crippen LogP contribution in [0.1, 0.15) is 78.6 Å². The van der Waals surface area contributed by atoms with Gasteiger partial charge in [0, 0.05) is 0 Å². The lowest BCUT2D eigenvalue weighted by atomic mass is 9.99. The Hall–Kier alpha value is -0.0800. The molecule has 0 heterocycles. The van der Waals surface area contributed by atoms with Gasteiger partial charge in [0.05, 0.1) is 12.2 Å². The zero-order valence-electron chi connectivity index (χ0n) is 12.0. The lowest BCUT2D eigenvalue weighted by Gasteiger charge is -2.14. The molecule has 104 valence electrons. The molecule has 17 heavy (non-hydrogen) atoms. The molecule has 2 nitrogen and oxygen atoms in total. The molecule has 0 aromatic rings. The summed E-state index contributed by atoms with van der Waals surface area (Å²) in [4.78, 5) is 0. The van der Waals surface area contributed by atoms with Crippen molar-refractivity contribution < 1.29 is 10.2 Å². The van der Waals surface area contributed by atoms with E-state index in [0.29, 0.717) is 5.92 Å². The first-order valence-corrected chi connectivity index (χ1v) is 7.44. The highest BCUT2D eigenvalue weighted by atomic mass is 16.3. The Labute approximate surface area is 107 Å². The minimum Gasteiger partial charge on any atom is -0.393 e. The van der Waals surface area contributed by atoms with E-state index in [1.165, 1.54) is 12.8 Å². The van der Waals surface area contributed by atoms with Crippen molar-refractivity contribution in [1.29, 1.82) is 0 Å². The highest BCUT2D eigenvalue weighted by molar-refractivity contribution is 4.61. The highest BCUT2D eigenvalue weighted by Crippen LogP contribution is 2.14. The van der Waals surface area contributed by atoms with E-state index >= 15 is 0 Å². The van der Waals surface area contributed by atoms with Gasteiger partial charge in [-0.3, -0.25) is 0 Å². The quantitative estimate of drug-likeness (QED) is 0.541. The number of hydrogen-bond acceptors (Lipinski definition) is 2. The first-order valence-electron chi connectivity index (χ1n) is 7.44. The lowest BCUT2D eigenvalue weighted by molar-refractivity contribution is 0.111. The van der Waals surface area contributed by atoms with Crippen molar-refractivity contribution >= 4 is 0 Å². The molecule has 0 aliphatic heterocycles. The van der Waals surface area contributed by atoms with E-state index in [1.807, 2.05) is 0 Å². The summed E-state index contributed by atoms with van der Waals surface area (Å²) in [6.45, 7) is 6.30. The third kappa shape index (κ3) is 10.8. The Morgan fingerprint density at radius 1 is 0.765 bits per heavy atom. The van der Waals surface area contributed by atoms with Crippen molar-refractivity contribution in [3.05, 3.63) is 0 Å². The fraction of sp³-hybridized carbons (Fsp3) is 1.00. The molecule has 0 bridgehead atoms. The summed E-state index contributed by atoms with van der Waals surface area (Å²) in [6, 6.07) is 0. The SMILES string of the molecule is CCCCC[C@H](O)CCCCC[C@H](O)C(C)C. The van der Waals surface area contributed by atoms with Crippen molar-refractivity contribution in [2.75, 3.05) is 0 Å². The van der Waals surface area contributed by atoms with E-state index in [-0.39, 0.29) is 12.2 Å². The summed E-state index contributed by atoms with van der Waals surface area (Å²) < 4.78 is 0. The molecule has 0 spiro atoms. The van der Waals surface area contributed by atoms with Gasteiger partial charge in [-0.2, -0.15) is 0 Å². The minimum atomic E-state index is -0.149. The van der Waals surface area contributed by atoms with Gasteiger partial charge in [0.25, 0.3) is 0 Å². The zero-order chi connectivity index (χ0) is 13.1. The van der Waals surface area contributed by atoms with E-state index in [2.05, 4.69) is 20.8 Å². The van der Waals surface area contributed by atoms with Gasteiger partial charge in [-0.25, -0.2) is 0 Å². The maximum atomic E-state index is 9.72. The van der Waals surface area contributed by atoms with Crippen molar-refractivity contribution in [3.63, 3.8) is 0 Å². The van der Waals surface area contributed by atoms with Gasteiger partial charge >= 0.3 is 0 Å². The van der Waals surface area contributed by atoms with Gasteiger partial charge in [0.15, 0.2) is 0 Å². The average Bonchev–Trinajstić information content (AvgIpc) is 2.28. The van der Waals surface area contributed by atoms with Gasteiger partial charge in [0.2, 0.25) is 0 Å². The summed E-state index contributed by atoms with van der Waals surface area (Å²) in [5.74, 6) is 0.370. The Bertz CT molecular complexity index is 157. The predicted octanol–water partition coefficient (Wildman–Crippen LogP) is 3.90. The zero-order valence-corrected chi connectivity index (χ0v) is 12.0. The molecule has 0 rings (SSSR count). The Morgan fingerprint density at radius 3 is 1.82 bits per heavy atom. The van der Waals surface area contributed by atoms with Crippen LogP contribution in [-0.2, 0) is 0 Å². The molecule has 0 saturated heterocycles. The topological polar surface area (TPSA) is 40.5 Å². The third-order valence-corrected chi connectivity index (χ3v) is 3.45. The summed E-state index contributed by atoms with van der Waals surface area (Å²) in [5.41, 5.74) is 0. The molecule has 0 amide bonds. The molecule has 0 aliphatic carbocycles. The predicted molar refractivity (Wildman–Crippen MR) is 74.1 cm³/mol. The van der Waals surface area contributed by atoms with E-state index in [9.17, 15) is 10.2 Å². The molecular formula is C15H32O2. The molecule has 0 aromatic carbocycles. The molecule has 2 N–H and O–H groups in total. The number of aliphatic hydroxyl groups excluding tert-OH is 2. The van der Waals surface area contributed by atoms with Crippen LogP contribution in [0.15, 0.2) is 0 Å². The summed E-state index contributed by atoms with van der Waals surface area (Å²) in [7, 11) is 0. The second kappa shape index (κ2) is 11.0. The van der Waals surface area contributed by atoms with Gasteiger partial charge in [-0.05, 0) is 25.2 Å². The van der Waals surface area contributed by atoms with Crippen molar-refractivity contribution in [2.24, 2.45) is 5.92 Å². The average molecular weight is 244 g/mol. The molecule has 2 atom stereocenters. The van der Waals surface area contributed by atoms with Gasteiger partial charge in [-0.1, -0.05) is 59.3 Å². The third-order valence-electron chi connectivity index (χ3n) is 3.45. The molecule has 0 fully saturated rings. The van der Waals surface area contributed by atoms with Crippen LogP contribution in [0.3, 0.4) is 0 Å². The molecular weight excluding hydrogens is 212 g/mol. The van der Waals surface area contributed by atoms with Crippen LogP contribution in [0.4, 0.5) is 0 Å². The van der Waals surface area contributed by atoms with Crippen LogP contribution >= 0.6 is 0 Å². The first kappa shape index (κ1) is 16.9. The van der Waals surface area contributed by atoms with Crippen LogP contribution < -0.4 is 0 Å². The minimum absolute atomic E-state index is 0.100. The summed E-state index contributed by atoms with van der Waals surface area (Å²) in [6.07, 6.45) is 9.48. The summed E-state index contributed by atoms with van der Waals surface area (Å²) >= 11 is 0. The number of unbranched alkanes of at least 4 members (excludes halogenated alkanes) is 4. The second-order valence-electron chi connectivity index (χ2n) is 5.60. The molecule has 0 aliphatic rings. The van der Waals surface area contributed by atoms with Crippen molar-refractivity contribution in [1.82, 2.24) is 0 Å². The highest BCUT2D eigenvalue weighted by Gasteiger charge is 2.08. The molecule has 0 unspecified atom stereocenters. The molecule has 0 aromatic heterocycles. The lowest BCUT2D eigenvalue weighted by Crippen LogP contribution is -2.14. The normalized spacial score (nSPS) is 15.2. The smallest absolute Gasteiger partial charge is 0.0563 e. The largest absolute Gasteiger partial charge is 0.393 e. The van der Waals surface area contributed by atoms with E-state index < -0.39 is 0 Å². The van der Waals surface area contributed by atoms with Crippen LogP contribution in [-0.4, -0.2) is 22.4 Å². The maximum absolute atomic E-state index is 9.72. The van der Waals surface area contributed by atoms with E-state index in [0.717, 1.165) is 44.9 Å². The van der Waals surface area contributed by atoms with Crippen LogP contribution in [0, 0.1) is 5.92 Å². The van der Waals surface area contributed by atoms with Crippen molar-refractivity contribution in [2.45, 2.75) is 90.8 Å². The van der Waals surface area contributed by atoms with E-state index in [1.54, 1.807) is 0 Å². The van der Waals surface area contributed by atoms with Gasteiger partial charge in [0.1, 0.15) is 0 Å². The van der Waals surface area contributed by atoms with Crippen LogP contribution in [0.25, 0.3) is 0 Å². The number of hydrogen-bond donors (Lipinski definition) is 2. The fourth-order valence-electron chi connectivity index (χ4n) is 2.02. The van der Waals surface area contributed by atoms with Crippen LogP contribution in [0.2, 0.25) is 0 Å². The van der Waals surface area contributed by atoms with E-state index in [4.69, 9.17) is 0 Å². The second-order valence-corrected chi connectivity index (χ2v) is 5.60. The number of rotatable bonds is 11. The molecule has 2 heteroatoms. The Kier molecular flexibility index (Phi) is 11.0. The van der Waals surface area contributed by atoms with Crippen LogP contribution in [0.5, 0.6) is 0 Å². The Morgan fingerprint density at radius 2 is 1.29 bits per heavy atom. The Balaban J connectivity index is 3.27. The maximum Gasteiger partial charge on any atom is 0.0563 e. The molecule has 0 radical (unpaired) electrons. The molecule has 0 saturated carbocycles. The first-order chi connectivity index (χ1) is 8.07. The fourth-order valence-corrected chi connectivity index (χ4v) is 2.02. The van der Waals surface area contributed by atoms with Gasteiger partial charge in [-0.15, -0.1) is 0 Å².